The lowest BCUT2D eigenvalue weighted by molar-refractivity contribution is -0.118. The van der Waals surface area contributed by atoms with Gasteiger partial charge in [0, 0.05) is 25.8 Å². The third-order valence-corrected chi connectivity index (χ3v) is 5.97. The number of hydrogen-bond acceptors (Lipinski definition) is 7. The van der Waals surface area contributed by atoms with Crippen molar-refractivity contribution in [1.82, 2.24) is 4.72 Å². The van der Waals surface area contributed by atoms with E-state index in [1.54, 1.807) is 0 Å². The summed E-state index contributed by atoms with van der Waals surface area (Å²) in [5.74, 6) is 0.343. The number of amides is 1. The van der Waals surface area contributed by atoms with Gasteiger partial charge in [0.2, 0.25) is 10.0 Å². The van der Waals surface area contributed by atoms with Crippen molar-refractivity contribution in [1.29, 1.82) is 0 Å². The highest BCUT2D eigenvalue weighted by atomic mass is 35.5. The minimum Gasteiger partial charge on any atom is -0.495 e. The highest BCUT2D eigenvalue weighted by Crippen LogP contribution is 2.36. The first kappa shape index (κ1) is 25.0. The van der Waals surface area contributed by atoms with Crippen molar-refractivity contribution in [3.63, 3.8) is 0 Å². The maximum absolute atomic E-state index is 12.3. The summed E-state index contributed by atoms with van der Waals surface area (Å²) >= 11 is 12.2. The van der Waals surface area contributed by atoms with Crippen LogP contribution < -0.4 is 24.2 Å². The average molecular weight is 493 g/mol. The van der Waals surface area contributed by atoms with Gasteiger partial charge in [-0.2, -0.15) is 0 Å². The molecule has 9 nitrogen and oxygen atoms in total. The molecule has 0 heterocycles. The average Bonchev–Trinajstić information content (AvgIpc) is 2.73. The summed E-state index contributed by atoms with van der Waals surface area (Å²) in [6.45, 7) is -0.0344. The van der Waals surface area contributed by atoms with Gasteiger partial charge >= 0.3 is 0 Å². The Kier molecular flexibility index (Phi) is 9.20. The number of benzene rings is 2. The molecule has 0 unspecified atom stereocenters. The fourth-order valence-electron chi connectivity index (χ4n) is 2.41. The second-order valence-corrected chi connectivity index (χ2v) is 8.59. The number of carbonyl (C=O) groups is 1. The molecule has 0 fully saturated rings. The van der Waals surface area contributed by atoms with E-state index in [0.717, 1.165) is 0 Å². The van der Waals surface area contributed by atoms with E-state index >= 15 is 0 Å². The Morgan fingerprint density at radius 1 is 0.968 bits per heavy atom. The number of carbonyl (C=O) groups excluding carboxylic acids is 1. The van der Waals surface area contributed by atoms with Crippen molar-refractivity contribution < 1.29 is 32.2 Å². The molecule has 2 aromatic carbocycles. The van der Waals surface area contributed by atoms with Crippen LogP contribution in [0.15, 0.2) is 35.2 Å². The standard InChI is InChI=1S/C19H22Cl2N2O7S/c1-27-7-6-22-31(25,26)12-4-5-16(13(20)8-12)30-11-19(24)23-15-10-17(28-2)14(21)9-18(15)29-3/h4-5,8-10,22H,6-7,11H2,1-3H3,(H,23,24). The van der Waals surface area contributed by atoms with E-state index in [1.807, 2.05) is 0 Å². The Morgan fingerprint density at radius 3 is 2.26 bits per heavy atom. The van der Waals surface area contributed by atoms with Crippen molar-refractivity contribution in [2.45, 2.75) is 4.90 Å². The minimum absolute atomic E-state index is 0.0353. The topological polar surface area (TPSA) is 112 Å². The molecule has 0 saturated carbocycles. The molecular weight excluding hydrogens is 471 g/mol. The summed E-state index contributed by atoms with van der Waals surface area (Å²) in [5.41, 5.74) is 0.340. The maximum atomic E-state index is 12.3. The lowest BCUT2D eigenvalue weighted by atomic mass is 10.2. The monoisotopic (exact) mass is 492 g/mol. The minimum atomic E-state index is -3.75. The molecule has 1 amide bonds. The van der Waals surface area contributed by atoms with E-state index in [0.29, 0.717) is 22.2 Å². The molecule has 170 valence electrons. The Balaban J connectivity index is 2.04. The number of nitrogens with one attached hydrogen (secondary N) is 2. The summed E-state index contributed by atoms with van der Waals surface area (Å²) in [5, 5.41) is 2.99. The van der Waals surface area contributed by atoms with Crippen molar-refractivity contribution in [3.8, 4) is 17.2 Å². The zero-order valence-electron chi connectivity index (χ0n) is 17.0. The lowest BCUT2D eigenvalue weighted by Crippen LogP contribution is -2.27. The summed E-state index contributed by atoms with van der Waals surface area (Å²) in [6.07, 6.45) is 0. The summed E-state index contributed by atoms with van der Waals surface area (Å²) in [6, 6.07) is 6.95. The third-order valence-electron chi connectivity index (χ3n) is 3.92. The smallest absolute Gasteiger partial charge is 0.262 e. The Labute approximate surface area is 190 Å². The van der Waals surface area contributed by atoms with Crippen LogP contribution in [0.4, 0.5) is 5.69 Å². The predicted octanol–water partition coefficient (Wildman–Crippen LogP) is 2.95. The number of hydrogen-bond donors (Lipinski definition) is 2. The van der Waals surface area contributed by atoms with Gasteiger partial charge in [-0.3, -0.25) is 4.79 Å². The zero-order chi connectivity index (χ0) is 23.0. The number of methoxy groups -OCH3 is 3. The summed E-state index contributed by atoms with van der Waals surface area (Å²) in [7, 11) is 0.598. The Hall–Kier alpha value is -2.24. The lowest BCUT2D eigenvalue weighted by Gasteiger charge is -2.14. The fourth-order valence-corrected chi connectivity index (χ4v) is 3.98. The van der Waals surface area contributed by atoms with Gasteiger partial charge in [0.25, 0.3) is 5.91 Å². The van der Waals surface area contributed by atoms with Crippen LogP contribution >= 0.6 is 23.2 Å². The molecule has 2 rings (SSSR count). The largest absolute Gasteiger partial charge is 0.495 e. The van der Waals surface area contributed by atoms with Crippen LogP contribution in [-0.2, 0) is 19.6 Å². The van der Waals surface area contributed by atoms with E-state index in [-0.39, 0.29) is 35.4 Å². The summed E-state index contributed by atoms with van der Waals surface area (Å²) < 4.78 is 47.4. The highest BCUT2D eigenvalue weighted by molar-refractivity contribution is 7.89. The second-order valence-electron chi connectivity index (χ2n) is 6.01. The van der Waals surface area contributed by atoms with E-state index in [4.69, 9.17) is 42.1 Å². The first-order chi connectivity index (χ1) is 14.7. The third kappa shape index (κ3) is 6.88. The molecule has 2 aromatic rings. The van der Waals surface area contributed by atoms with Crippen molar-refractivity contribution in [3.05, 3.63) is 40.4 Å². The van der Waals surface area contributed by atoms with Crippen LogP contribution in [0.2, 0.25) is 10.0 Å². The molecule has 0 spiro atoms. The van der Waals surface area contributed by atoms with Gasteiger partial charge in [0.15, 0.2) is 6.61 Å². The van der Waals surface area contributed by atoms with Crippen LogP contribution in [0.1, 0.15) is 0 Å². The summed E-state index contributed by atoms with van der Waals surface area (Å²) in [4.78, 5) is 12.3. The second kappa shape index (κ2) is 11.4. The first-order valence-electron chi connectivity index (χ1n) is 8.84. The first-order valence-corrected chi connectivity index (χ1v) is 11.1. The van der Waals surface area contributed by atoms with E-state index < -0.39 is 15.9 Å². The SMILES string of the molecule is COCCNS(=O)(=O)c1ccc(OCC(=O)Nc2cc(OC)c(Cl)cc2OC)c(Cl)c1. The van der Waals surface area contributed by atoms with Crippen molar-refractivity contribution >= 4 is 44.8 Å². The van der Waals surface area contributed by atoms with Gasteiger partial charge in [0.1, 0.15) is 17.2 Å². The van der Waals surface area contributed by atoms with Crippen LogP contribution in [-0.4, -0.2) is 55.4 Å². The molecular formula is C19H22Cl2N2O7S. The molecule has 0 aliphatic rings. The molecule has 0 atom stereocenters. The molecule has 0 radical (unpaired) electrons. The number of anilines is 1. The molecule has 0 bridgehead atoms. The van der Waals surface area contributed by atoms with Crippen LogP contribution in [0.3, 0.4) is 0 Å². The molecule has 2 N–H and O–H groups in total. The fraction of sp³-hybridized carbons (Fsp3) is 0.316. The number of halogens is 2. The molecule has 12 heteroatoms. The van der Waals surface area contributed by atoms with Gasteiger partial charge < -0.3 is 24.3 Å². The molecule has 0 aromatic heterocycles. The Bertz CT molecular complexity index is 1030. The zero-order valence-corrected chi connectivity index (χ0v) is 19.4. The molecule has 31 heavy (non-hydrogen) atoms. The number of sulfonamides is 1. The Morgan fingerprint density at radius 2 is 1.65 bits per heavy atom. The van der Waals surface area contributed by atoms with E-state index in [9.17, 15) is 13.2 Å². The van der Waals surface area contributed by atoms with Crippen molar-refractivity contribution in [2.24, 2.45) is 0 Å². The normalized spacial score (nSPS) is 11.1. The van der Waals surface area contributed by atoms with Gasteiger partial charge in [-0.25, -0.2) is 13.1 Å². The molecule has 0 aliphatic heterocycles. The highest BCUT2D eigenvalue weighted by Gasteiger charge is 2.17. The van der Waals surface area contributed by atoms with Crippen LogP contribution in [0.25, 0.3) is 0 Å². The quantitative estimate of drug-likeness (QED) is 0.463. The maximum Gasteiger partial charge on any atom is 0.262 e. The van der Waals surface area contributed by atoms with Gasteiger partial charge in [0.05, 0.1) is 41.5 Å². The van der Waals surface area contributed by atoms with Gasteiger partial charge in [-0.1, -0.05) is 23.2 Å². The van der Waals surface area contributed by atoms with E-state index in [2.05, 4.69) is 10.0 Å². The number of ether oxygens (including phenoxy) is 4. The molecule has 0 aliphatic carbocycles. The number of rotatable bonds is 11. The van der Waals surface area contributed by atoms with Crippen molar-refractivity contribution in [2.75, 3.05) is 46.4 Å². The van der Waals surface area contributed by atoms with Crippen LogP contribution in [0.5, 0.6) is 17.2 Å². The molecule has 0 saturated heterocycles. The van der Waals surface area contributed by atoms with Crippen LogP contribution in [0, 0.1) is 0 Å². The van der Waals surface area contributed by atoms with E-state index in [1.165, 1.54) is 51.7 Å². The predicted molar refractivity (Wildman–Crippen MR) is 117 cm³/mol. The van der Waals surface area contributed by atoms with Gasteiger partial charge in [-0.05, 0) is 18.2 Å². The van der Waals surface area contributed by atoms with Gasteiger partial charge in [-0.15, -0.1) is 0 Å².